The average molecular weight is 449 g/mol. The molecule has 1 saturated heterocycles. The van der Waals surface area contributed by atoms with E-state index in [9.17, 15) is 13.6 Å². The van der Waals surface area contributed by atoms with Crippen LogP contribution in [0.25, 0.3) is 10.2 Å². The molecule has 0 saturated carbocycles. The van der Waals surface area contributed by atoms with Crippen LogP contribution in [-0.2, 0) is 11.2 Å². The SMILES string of the molecule is CCSc1ccc(CC(=O)N2CCC(Oc3nc4c(F)cc(F)cc4s3)CC2)cc1. The van der Waals surface area contributed by atoms with Crippen LogP contribution in [0.4, 0.5) is 8.78 Å². The number of hydrogen-bond donors (Lipinski definition) is 0. The molecule has 30 heavy (non-hydrogen) atoms. The lowest BCUT2D eigenvalue weighted by Gasteiger charge is -2.31. The maximum atomic E-state index is 13.8. The Hall–Kier alpha value is -2.19. The number of nitrogens with zero attached hydrogens (tertiary/aromatic N) is 2. The number of carbonyl (C=O) groups is 1. The van der Waals surface area contributed by atoms with E-state index < -0.39 is 11.6 Å². The Balaban J connectivity index is 1.30. The number of amides is 1. The van der Waals surface area contributed by atoms with Crippen LogP contribution < -0.4 is 4.74 Å². The molecule has 0 radical (unpaired) electrons. The van der Waals surface area contributed by atoms with Gasteiger partial charge < -0.3 is 9.64 Å². The third kappa shape index (κ3) is 4.92. The fraction of sp³-hybridized carbons (Fsp3) is 0.364. The maximum Gasteiger partial charge on any atom is 0.274 e. The highest BCUT2D eigenvalue weighted by Gasteiger charge is 2.25. The molecule has 4 rings (SSSR count). The number of halogens is 2. The molecule has 1 aromatic heterocycles. The van der Waals surface area contributed by atoms with Crippen LogP contribution in [0.15, 0.2) is 41.3 Å². The first-order valence-electron chi connectivity index (χ1n) is 9.93. The van der Waals surface area contributed by atoms with Gasteiger partial charge in [-0.15, -0.1) is 11.8 Å². The number of aromatic nitrogens is 1. The normalized spacial score (nSPS) is 15.0. The molecule has 0 N–H and O–H groups in total. The van der Waals surface area contributed by atoms with Gasteiger partial charge in [0.25, 0.3) is 5.19 Å². The van der Waals surface area contributed by atoms with Gasteiger partial charge in [-0.05, 0) is 29.5 Å². The summed E-state index contributed by atoms with van der Waals surface area (Å²) in [5, 5.41) is 0.337. The quantitative estimate of drug-likeness (QED) is 0.480. The van der Waals surface area contributed by atoms with Gasteiger partial charge in [0.2, 0.25) is 5.91 Å². The molecular formula is C22H22F2N2O2S2. The number of rotatable bonds is 6. The van der Waals surface area contributed by atoms with Gasteiger partial charge in [-0.25, -0.2) is 8.78 Å². The molecule has 2 aromatic carbocycles. The molecule has 4 nitrogen and oxygen atoms in total. The number of thioether (sulfide) groups is 1. The average Bonchev–Trinajstić information content (AvgIpc) is 3.13. The van der Waals surface area contributed by atoms with Crippen molar-refractivity contribution in [3.63, 3.8) is 0 Å². The zero-order chi connectivity index (χ0) is 21.1. The van der Waals surface area contributed by atoms with Crippen LogP contribution in [0, 0.1) is 11.6 Å². The zero-order valence-corrected chi connectivity index (χ0v) is 18.2. The van der Waals surface area contributed by atoms with Gasteiger partial charge in [0.1, 0.15) is 17.4 Å². The van der Waals surface area contributed by atoms with E-state index in [4.69, 9.17) is 4.74 Å². The molecule has 0 bridgehead atoms. The molecule has 1 fully saturated rings. The fourth-order valence-electron chi connectivity index (χ4n) is 3.51. The van der Waals surface area contributed by atoms with Crippen LogP contribution in [0.3, 0.4) is 0 Å². The van der Waals surface area contributed by atoms with Gasteiger partial charge in [-0.1, -0.05) is 30.4 Å². The molecule has 158 valence electrons. The summed E-state index contributed by atoms with van der Waals surface area (Å²) in [5.74, 6) is -0.168. The molecular weight excluding hydrogens is 426 g/mol. The third-order valence-electron chi connectivity index (χ3n) is 5.05. The Labute approximate surface area is 182 Å². The Morgan fingerprint density at radius 1 is 1.23 bits per heavy atom. The molecule has 1 amide bonds. The van der Waals surface area contributed by atoms with E-state index in [0.29, 0.717) is 42.2 Å². The van der Waals surface area contributed by atoms with Crippen molar-refractivity contribution in [1.82, 2.24) is 9.88 Å². The number of carbonyl (C=O) groups excluding carboxylic acids is 1. The lowest BCUT2D eigenvalue weighted by atomic mass is 10.1. The fourth-order valence-corrected chi connectivity index (χ4v) is 5.09. The molecule has 1 aliphatic heterocycles. The molecule has 1 aliphatic rings. The summed E-state index contributed by atoms with van der Waals surface area (Å²) >= 11 is 2.92. The van der Waals surface area contributed by atoms with Gasteiger partial charge in [0.15, 0.2) is 5.82 Å². The number of thiazole rings is 1. The summed E-state index contributed by atoms with van der Waals surface area (Å²) in [6.45, 7) is 3.34. The Morgan fingerprint density at radius 2 is 1.97 bits per heavy atom. The first-order chi connectivity index (χ1) is 14.5. The van der Waals surface area contributed by atoms with Gasteiger partial charge in [0, 0.05) is 36.9 Å². The zero-order valence-electron chi connectivity index (χ0n) is 16.6. The first kappa shape index (κ1) is 21.1. The van der Waals surface area contributed by atoms with Crippen molar-refractivity contribution in [2.75, 3.05) is 18.8 Å². The van der Waals surface area contributed by atoms with E-state index in [1.165, 1.54) is 11.0 Å². The summed E-state index contributed by atoms with van der Waals surface area (Å²) in [6, 6.07) is 10.2. The minimum atomic E-state index is -0.683. The molecule has 0 spiro atoms. The van der Waals surface area contributed by atoms with Crippen LogP contribution in [0.1, 0.15) is 25.3 Å². The second kappa shape index (κ2) is 9.31. The maximum absolute atomic E-state index is 13.8. The van der Waals surface area contributed by atoms with Gasteiger partial charge in [-0.2, -0.15) is 4.98 Å². The van der Waals surface area contributed by atoms with Crippen LogP contribution in [0.2, 0.25) is 0 Å². The summed E-state index contributed by atoms with van der Waals surface area (Å²) in [7, 11) is 0. The summed E-state index contributed by atoms with van der Waals surface area (Å²) < 4.78 is 33.5. The summed E-state index contributed by atoms with van der Waals surface area (Å²) in [6.07, 6.45) is 1.67. The van der Waals surface area contributed by atoms with Gasteiger partial charge in [0.05, 0.1) is 11.1 Å². The molecule has 2 heterocycles. The predicted molar refractivity (Wildman–Crippen MR) is 116 cm³/mol. The van der Waals surface area contributed by atoms with Gasteiger partial charge in [-0.3, -0.25) is 4.79 Å². The van der Waals surface area contributed by atoms with Crippen molar-refractivity contribution in [2.24, 2.45) is 0 Å². The summed E-state index contributed by atoms with van der Waals surface area (Å²) in [5.41, 5.74) is 1.15. The van der Waals surface area contributed by atoms with Gasteiger partial charge >= 0.3 is 0 Å². The number of ether oxygens (including phenoxy) is 1. The second-order valence-electron chi connectivity index (χ2n) is 7.17. The van der Waals surface area contributed by atoms with Crippen molar-refractivity contribution in [3.05, 3.63) is 53.6 Å². The van der Waals surface area contributed by atoms with Crippen LogP contribution in [0.5, 0.6) is 5.19 Å². The smallest absolute Gasteiger partial charge is 0.274 e. The van der Waals surface area contributed by atoms with E-state index in [-0.39, 0.29) is 17.5 Å². The van der Waals surface area contributed by atoms with Crippen molar-refractivity contribution in [2.45, 2.75) is 37.2 Å². The number of benzene rings is 2. The lowest BCUT2D eigenvalue weighted by molar-refractivity contribution is -0.132. The van der Waals surface area contributed by atoms with E-state index >= 15 is 0 Å². The van der Waals surface area contributed by atoms with Crippen molar-refractivity contribution < 1.29 is 18.3 Å². The molecule has 3 aromatic rings. The van der Waals surface area contributed by atoms with Crippen LogP contribution >= 0.6 is 23.1 Å². The lowest BCUT2D eigenvalue weighted by Crippen LogP contribution is -2.42. The Morgan fingerprint density at radius 3 is 2.67 bits per heavy atom. The number of hydrogen-bond acceptors (Lipinski definition) is 5. The second-order valence-corrected chi connectivity index (χ2v) is 9.50. The summed E-state index contributed by atoms with van der Waals surface area (Å²) in [4.78, 5) is 19.8. The Kier molecular flexibility index (Phi) is 6.53. The number of likely N-dealkylation sites (tertiary alicyclic amines) is 1. The Bertz CT molecular complexity index is 1030. The molecule has 0 aliphatic carbocycles. The molecule has 0 atom stereocenters. The van der Waals surface area contributed by atoms with E-state index in [0.717, 1.165) is 28.7 Å². The largest absolute Gasteiger partial charge is 0.467 e. The van der Waals surface area contributed by atoms with E-state index in [2.05, 4.69) is 24.0 Å². The third-order valence-corrected chi connectivity index (χ3v) is 6.83. The monoisotopic (exact) mass is 448 g/mol. The topological polar surface area (TPSA) is 42.4 Å². The predicted octanol–water partition coefficient (Wildman–Crippen LogP) is 5.30. The highest BCUT2D eigenvalue weighted by atomic mass is 32.2. The van der Waals surface area contributed by atoms with Crippen LogP contribution in [-0.4, -0.2) is 40.7 Å². The standard InChI is InChI=1S/C22H22F2N2O2S2/c1-2-29-17-5-3-14(4-6-17)11-20(27)26-9-7-16(8-10-26)28-22-25-21-18(24)12-15(23)13-19(21)30-22/h3-6,12-13,16H,2,7-11H2,1H3. The van der Waals surface area contributed by atoms with Crippen molar-refractivity contribution in [3.8, 4) is 5.19 Å². The van der Waals surface area contributed by atoms with Crippen molar-refractivity contribution in [1.29, 1.82) is 0 Å². The first-order valence-corrected chi connectivity index (χ1v) is 11.7. The van der Waals surface area contributed by atoms with E-state index in [1.807, 2.05) is 17.0 Å². The highest BCUT2D eigenvalue weighted by Crippen LogP contribution is 2.32. The molecule has 8 heteroatoms. The van der Waals surface area contributed by atoms with Crippen molar-refractivity contribution >= 4 is 39.2 Å². The minimum Gasteiger partial charge on any atom is -0.467 e. The van der Waals surface area contributed by atoms with E-state index in [1.54, 1.807) is 11.8 Å². The minimum absolute atomic E-state index is 0.0899. The molecule has 0 unspecified atom stereocenters. The number of fused-ring (bicyclic) bond motifs is 1. The number of piperidine rings is 1. The highest BCUT2D eigenvalue weighted by molar-refractivity contribution is 7.99.